The molecule has 0 atom stereocenters. The minimum atomic E-state index is -0.360. The molecule has 230 valence electrons. The second-order valence-electron chi connectivity index (χ2n) is 13.8. The van der Waals surface area contributed by atoms with E-state index >= 15 is 4.39 Å². The third kappa shape index (κ3) is 5.61. The minimum absolute atomic E-state index is 0.00314. The maximum Gasteiger partial charge on any atom is 0.230 e. The van der Waals surface area contributed by atoms with Crippen molar-refractivity contribution in [2.24, 2.45) is 11.3 Å². The number of hydrogen-bond acceptors (Lipinski definition) is 4. The topological polar surface area (TPSA) is 67.6 Å². The lowest BCUT2D eigenvalue weighted by molar-refractivity contribution is -0.124. The minimum Gasteiger partial charge on any atom is -0.496 e. The van der Waals surface area contributed by atoms with Crippen LogP contribution >= 0.6 is 0 Å². The van der Waals surface area contributed by atoms with Crippen molar-refractivity contribution in [3.05, 3.63) is 65.7 Å². The van der Waals surface area contributed by atoms with E-state index in [0.29, 0.717) is 49.0 Å². The average molecular weight is 588 g/mol. The Balaban J connectivity index is 1.30. The molecule has 4 aliphatic rings. The van der Waals surface area contributed by atoms with Gasteiger partial charge in [-0.3, -0.25) is 9.48 Å². The molecule has 4 saturated carbocycles. The molecule has 7 heteroatoms. The van der Waals surface area contributed by atoms with Gasteiger partial charge in [-0.1, -0.05) is 24.3 Å². The predicted octanol–water partition coefficient (Wildman–Crippen LogP) is 7.76. The summed E-state index contributed by atoms with van der Waals surface area (Å²) in [5, 5.41) is 14.6. The van der Waals surface area contributed by atoms with Crippen molar-refractivity contribution in [2.45, 2.75) is 103 Å². The van der Waals surface area contributed by atoms with Crippen molar-refractivity contribution >= 4 is 11.6 Å². The van der Waals surface area contributed by atoms with Crippen LogP contribution in [0.4, 0.5) is 10.1 Å². The molecule has 0 spiro atoms. The van der Waals surface area contributed by atoms with Gasteiger partial charge in [0, 0.05) is 35.8 Å². The van der Waals surface area contributed by atoms with Crippen molar-refractivity contribution in [1.29, 1.82) is 0 Å². The molecule has 0 saturated heterocycles. The van der Waals surface area contributed by atoms with Gasteiger partial charge in [0.2, 0.25) is 5.91 Å². The molecule has 7 rings (SSSR count). The van der Waals surface area contributed by atoms with Crippen LogP contribution in [-0.4, -0.2) is 40.6 Å². The van der Waals surface area contributed by atoms with E-state index in [-0.39, 0.29) is 40.6 Å². The van der Waals surface area contributed by atoms with Crippen LogP contribution in [0.1, 0.15) is 95.2 Å². The van der Waals surface area contributed by atoms with Crippen molar-refractivity contribution in [3.8, 4) is 16.9 Å². The summed E-state index contributed by atoms with van der Waals surface area (Å²) in [4.78, 5) is 16.1. The lowest BCUT2D eigenvalue weighted by atomic mass is 9.51. The number of benzene rings is 2. The fourth-order valence-corrected chi connectivity index (χ4v) is 8.01. The van der Waals surface area contributed by atoms with Crippen LogP contribution < -0.4 is 9.64 Å². The summed E-state index contributed by atoms with van der Waals surface area (Å²) in [6, 6.07) is 12.2. The first-order valence-electron chi connectivity index (χ1n) is 16.1. The standard InChI is InChI=1S/C36H46FN3O3/c1-24(2)40-22-27(21-38-40)30-6-5-7-31(33(30)37)39(34(42)26-8-11-29(41)12-9-26)23-35-14-17-36(18-15-35,19-16-35)28-10-13-32(43-4)25(3)20-28/h5-7,10,13,20-22,24,26,29,41H,8-9,11-12,14-19,23H2,1-4H3. The van der Waals surface area contributed by atoms with Gasteiger partial charge in [-0.2, -0.15) is 5.10 Å². The van der Waals surface area contributed by atoms with E-state index in [4.69, 9.17) is 4.74 Å². The molecule has 4 aliphatic carbocycles. The second kappa shape index (κ2) is 11.7. The number of aliphatic hydroxyl groups excluding tert-OH is 1. The zero-order valence-electron chi connectivity index (χ0n) is 26.1. The molecule has 0 unspecified atom stereocenters. The van der Waals surface area contributed by atoms with Gasteiger partial charge in [0.05, 0.1) is 25.1 Å². The zero-order valence-corrected chi connectivity index (χ0v) is 26.1. The van der Waals surface area contributed by atoms with Crippen molar-refractivity contribution in [3.63, 3.8) is 0 Å². The SMILES string of the molecule is COc1ccc(C23CCC(CN(C(=O)C4CCC(O)CC4)c4cccc(-c5cnn(C(C)C)c5)c4F)(CC2)CC3)cc1C. The van der Waals surface area contributed by atoms with E-state index in [1.807, 2.05) is 30.8 Å². The Bertz CT molecular complexity index is 1450. The Labute approximate surface area is 255 Å². The van der Waals surface area contributed by atoms with Crippen LogP contribution in [0.25, 0.3) is 11.1 Å². The fraction of sp³-hybridized carbons (Fsp3) is 0.556. The fourth-order valence-electron chi connectivity index (χ4n) is 8.01. The Morgan fingerprint density at radius 1 is 1.09 bits per heavy atom. The highest BCUT2D eigenvalue weighted by Crippen LogP contribution is 2.58. The number of carbonyl (C=O) groups excluding carboxylic acids is 1. The molecule has 2 bridgehead atoms. The summed E-state index contributed by atoms with van der Waals surface area (Å²) >= 11 is 0. The van der Waals surface area contributed by atoms with E-state index in [1.165, 1.54) is 11.1 Å². The van der Waals surface area contributed by atoms with Crippen LogP contribution in [0, 0.1) is 24.1 Å². The number of aromatic nitrogens is 2. The van der Waals surface area contributed by atoms with Gasteiger partial charge in [0.25, 0.3) is 0 Å². The largest absolute Gasteiger partial charge is 0.496 e. The van der Waals surface area contributed by atoms with E-state index in [0.717, 1.165) is 44.3 Å². The van der Waals surface area contributed by atoms with E-state index in [2.05, 4.69) is 30.2 Å². The number of ether oxygens (including phenoxy) is 1. The number of carbonyl (C=O) groups is 1. The molecule has 4 fully saturated rings. The van der Waals surface area contributed by atoms with E-state index in [1.54, 1.807) is 30.3 Å². The maximum atomic E-state index is 16.5. The second-order valence-corrected chi connectivity index (χ2v) is 13.8. The molecule has 0 radical (unpaired) electrons. The van der Waals surface area contributed by atoms with E-state index in [9.17, 15) is 9.90 Å². The van der Waals surface area contributed by atoms with Crippen LogP contribution in [0.5, 0.6) is 5.75 Å². The zero-order chi connectivity index (χ0) is 30.4. The van der Waals surface area contributed by atoms with Crippen LogP contribution in [0.2, 0.25) is 0 Å². The van der Waals surface area contributed by atoms with Crippen LogP contribution in [0.15, 0.2) is 48.8 Å². The summed E-state index contributed by atoms with van der Waals surface area (Å²) in [6.07, 6.45) is 12.1. The maximum absolute atomic E-state index is 16.5. The van der Waals surface area contributed by atoms with Gasteiger partial charge in [-0.05, 0) is 119 Å². The van der Waals surface area contributed by atoms with Gasteiger partial charge >= 0.3 is 0 Å². The van der Waals surface area contributed by atoms with Gasteiger partial charge in [-0.15, -0.1) is 0 Å². The van der Waals surface area contributed by atoms with Crippen LogP contribution in [0.3, 0.4) is 0 Å². The quantitative estimate of drug-likeness (QED) is 0.292. The molecule has 3 aromatic rings. The molecular weight excluding hydrogens is 541 g/mol. The number of aryl methyl sites for hydroxylation is 1. The summed E-state index contributed by atoms with van der Waals surface area (Å²) in [5.41, 5.74) is 4.25. The summed E-state index contributed by atoms with van der Waals surface area (Å²) in [6.45, 7) is 6.74. The lowest BCUT2D eigenvalue weighted by Crippen LogP contribution is -2.52. The molecule has 1 N–H and O–H groups in total. The number of methoxy groups -OCH3 is 1. The summed E-state index contributed by atoms with van der Waals surface area (Å²) in [5.74, 6) is 0.371. The molecule has 0 aliphatic heterocycles. The molecular formula is C36H46FN3O3. The van der Waals surface area contributed by atoms with Gasteiger partial charge in [-0.25, -0.2) is 4.39 Å². The highest BCUT2D eigenvalue weighted by molar-refractivity contribution is 5.96. The number of anilines is 1. The highest BCUT2D eigenvalue weighted by atomic mass is 19.1. The Kier molecular flexibility index (Phi) is 8.14. The van der Waals surface area contributed by atoms with Crippen molar-refractivity contribution in [1.82, 2.24) is 9.78 Å². The van der Waals surface area contributed by atoms with Gasteiger partial charge in [0.1, 0.15) is 5.75 Å². The number of rotatable bonds is 8. The molecule has 1 aromatic heterocycles. The molecule has 43 heavy (non-hydrogen) atoms. The van der Waals surface area contributed by atoms with Gasteiger partial charge < -0.3 is 14.7 Å². The first-order chi connectivity index (χ1) is 20.6. The van der Waals surface area contributed by atoms with E-state index < -0.39 is 0 Å². The summed E-state index contributed by atoms with van der Waals surface area (Å²) < 4.78 is 23.8. The number of amides is 1. The third-order valence-electron chi connectivity index (χ3n) is 10.9. The Hall–Kier alpha value is -3.19. The number of nitrogens with zero attached hydrogens (tertiary/aromatic N) is 3. The molecule has 2 aromatic carbocycles. The lowest BCUT2D eigenvalue weighted by Gasteiger charge is -2.55. The monoisotopic (exact) mass is 587 g/mol. The molecule has 1 amide bonds. The Morgan fingerprint density at radius 2 is 1.79 bits per heavy atom. The number of hydrogen-bond donors (Lipinski definition) is 1. The highest BCUT2D eigenvalue weighted by Gasteiger charge is 2.51. The van der Waals surface area contributed by atoms with Crippen LogP contribution in [-0.2, 0) is 10.2 Å². The predicted molar refractivity (Wildman–Crippen MR) is 168 cm³/mol. The molecule has 6 nitrogen and oxygen atoms in total. The number of fused-ring (bicyclic) bond motifs is 3. The number of halogens is 1. The normalized spacial score (nSPS) is 27.0. The first kappa shape index (κ1) is 29.9. The summed E-state index contributed by atoms with van der Waals surface area (Å²) in [7, 11) is 1.72. The average Bonchev–Trinajstić information content (AvgIpc) is 3.52. The third-order valence-corrected chi connectivity index (χ3v) is 10.9. The number of aliphatic hydroxyl groups is 1. The smallest absolute Gasteiger partial charge is 0.230 e. The molecule has 1 heterocycles. The van der Waals surface area contributed by atoms with Crippen molar-refractivity contribution < 1.29 is 19.0 Å². The van der Waals surface area contributed by atoms with Crippen molar-refractivity contribution in [2.75, 3.05) is 18.6 Å². The Morgan fingerprint density at radius 3 is 2.40 bits per heavy atom. The van der Waals surface area contributed by atoms with Gasteiger partial charge in [0.15, 0.2) is 5.82 Å². The first-order valence-corrected chi connectivity index (χ1v) is 16.1.